The smallest absolute Gasteiger partial charge is 0.330 e. The van der Waals surface area contributed by atoms with Gasteiger partial charge < -0.3 is 10.4 Å². The average Bonchev–Trinajstić information content (AvgIpc) is 2.45. The normalized spacial score (nSPS) is 11.3. The van der Waals surface area contributed by atoms with Crippen LogP contribution in [0.2, 0.25) is 0 Å². The van der Waals surface area contributed by atoms with Gasteiger partial charge in [-0.05, 0) is 23.8 Å². The van der Waals surface area contributed by atoms with Gasteiger partial charge in [-0.25, -0.2) is 4.79 Å². The average molecular weight is 251 g/mol. The van der Waals surface area contributed by atoms with Gasteiger partial charge in [-0.3, -0.25) is 0 Å². The number of benzene rings is 2. The standard InChI is InChI=1S/C16H13NO2/c1-2-12-7-6-10-14(11-12)17-15(16(18)19)13-8-4-3-5-9-13/h1,3-11,15,17H,(H,18,19). The van der Waals surface area contributed by atoms with Gasteiger partial charge in [-0.15, -0.1) is 6.42 Å². The summed E-state index contributed by atoms with van der Waals surface area (Å²) >= 11 is 0. The first kappa shape index (κ1) is 12.7. The lowest BCUT2D eigenvalue weighted by molar-refractivity contribution is -0.138. The molecule has 0 fully saturated rings. The molecule has 1 atom stereocenters. The van der Waals surface area contributed by atoms with E-state index in [0.29, 0.717) is 16.8 Å². The SMILES string of the molecule is C#Cc1cccc(NC(C(=O)O)c2ccccc2)c1. The van der Waals surface area contributed by atoms with E-state index in [4.69, 9.17) is 6.42 Å². The Kier molecular flexibility index (Phi) is 3.84. The van der Waals surface area contributed by atoms with Crippen LogP contribution < -0.4 is 5.32 Å². The Bertz CT molecular complexity index is 614. The van der Waals surface area contributed by atoms with Crippen molar-refractivity contribution in [3.63, 3.8) is 0 Å². The van der Waals surface area contributed by atoms with E-state index in [9.17, 15) is 9.90 Å². The molecule has 2 aromatic carbocycles. The lowest BCUT2D eigenvalue weighted by Crippen LogP contribution is -2.20. The lowest BCUT2D eigenvalue weighted by atomic mass is 10.1. The molecule has 0 radical (unpaired) electrons. The Morgan fingerprint density at radius 3 is 2.53 bits per heavy atom. The van der Waals surface area contributed by atoms with Crippen LogP contribution in [-0.4, -0.2) is 11.1 Å². The maximum absolute atomic E-state index is 11.4. The largest absolute Gasteiger partial charge is 0.479 e. The summed E-state index contributed by atoms with van der Waals surface area (Å²) in [5.74, 6) is 1.59. The Morgan fingerprint density at radius 1 is 1.16 bits per heavy atom. The van der Waals surface area contributed by atoms with E-state index in [0.717, 1.165) is 0 Å². The molecule has 0 heterocycles. The highest BCUT2D eigenvalue weighted by molar-refractivity contribution is 5.79. The lowest BCUT2D eigenvalue weighted by Gasteiger charge is -2.16. The first-order chi connectivity index (χ1) is 9.20. The molecule has 0 aliphatic rings. The summed E-state index contributed by atoms with van der Waals surface area (Å²) in [6.07, 6.45) is 5.33. The third-order valence-electron chi connectivity index (χ3n) is 2.72. The van der Waals surface area contributed by atoms with Crippen LogP contribution >= 0.6 is 0 Å². The molecule has 0 aliphatic heterocycles. The summed E-state index contributed by atoms with van der Waals surface area (Å²) in [6.45, 7) is 0. The van der Waals surface area contributed by atoms with Crippen molar-refractivity contribution >= 4 is 11.7 Å². The number of carbonyl (C=O) groups is 1. The van der Waals surface area contributed by atoms with Crippen molar-refractivity contribution in [1.29, 1.82) is 0 Å². The summed E-state index contributed by atoms with van der Waals surface area (Å²) in [5.41, 5.74) is 2.09. The van der Waals surface area contributed by atoms with Crippen molar-refractivity contribution in [2.45, 2.75) is 6.04 Å². The summed E-state index contributed by atoms with van der Waals surface area (Å²) < 4.78 is 0. The van der Waals surface area contributed by atoms with Crippen LogP contribution in [0.25, 0.3) is 0 Å². The fourth-order valence-electron chi connectivity index (χ4n) is 1.80. The zero-order chi connectivity index (χ0) is 13.7. The van der Waals surface area contributed by atoms with E-state index in [-0.39, 0.29) is 0 Å². The Balaban J connectivity index is 2.27. The highest BCUT2D eigenvalue weighted by Crippen LogP contribution is 2.20. The summed E-state index contributed by atoms with van der Waals surface area (Å²) in [4.78, 5) is 11.4. The molecule has 0 bridgehead atoms. The van der Waals surface area contributed by atoms with Crippen LogP contribution in [-0.2, 0) is 4.79 Å². The van der Waals surface area contributed by atoms with Gasteiger partial charge in [0.25, 0.3) is 0 Å². The van der Waals surface area contributed by atoms with Crippen molar-refractivity contribution in [3.05, 3.63) is 65.7 Å². The Labute approximate surface area is 111 Å². The molecule has 94 valence electrons. The van der Waals surface area contributed by atoms with E-state index in [1.165, 1.54) is 0 Å². The van der Waals surface area contributed by atoms with Gasteiger partial charge in [0.2, 0.25) is 0 Å². The van der Waals surface area contributed by atoms with Gasteiger partial charge in [0.15, 0.2) is 6.04 Å². The molecule has 0 aromatic heterocycles. The Hall–Kier alpha value is -2.73. The molecule has 2 aromatic rings. The molecule has 1 unspecified atom stereocenters. The molecule has 2 N–H and O–H groups in total. The second-order valence-electron chi connectivity index (χ2n) is 4.05. The van der Waals surface area contributed by atoms with Crippen molar-refractivity contribution in [2.24, 2.45) is 0 Å². The van der Waals surface area contributed by atoms with Crippen LogP contribution in [0, 0.1) is 12.3 Å². The Morgan fingerprint density at radius 2 is 1.89 bits per heavy atom. The maximum Gasteiger partial charge on any atom is 0.330 e. The van der Waals surface area contributed by atoms with Gasteiger partial charge in [-0.1, -0.05) is 42.3 Å². The number of hydrogen-bond donors (Lipinski definition) is 2. The van der Waals surface area contributed by atoms with Crippen LogP contribution in [0.5, 0.6) is 0 Å². The van der Waals surface area contributed by atoms with E-state index < -0.39 is 12.0 Å². The molecule has 3 heteroatoms. The van der Waals surface area contributed by atoms with E-state index in [1.54, 1.807) is 36.4 Å². The number of carboxylic acids is 1. The minimum absolute atomic E-state index is 0.687. The van der Waals surface area contributed by atoms with E-state index in [1.807, 2.05) is 18.2 Å². The van der Waals surface area contributed by atoms with Crippen molar-refractivity contribution in [1.82, 2.24) is 0 Å². The zero-order valence-corrected chi connectivity index (χ0v) is 10.2. The predicted molar refractivity (Wildman–Crippen MR) is 74.8 cm³/mol. The van der Waals surface area contributed by atoms with E-state index in [2.05, 4.69) is 11.2 Å². The minimum Gasteiger partial charge on any atom is -0.479 e. The van der Waals surface area contributed by atoms with Crippen molar-refractivity contribution < 1.29 is 9.90 Å². The molecular formula is C16H13NO2. The number of terminal acetylenes is 1. The number of hydrogen-bond acceptors (Lipinski definition) is 2. The first-order valence-corrected chi connectivity index (χ1v) is 5.81. The predicted octanol–water partition coefficient (Wildman–Crippen LogP) is 2.91. The molecule has 0 aliphatic carbocycles. The third kappa shape index (κ3) is 3.14. The molecule has 0 saturated heterocycles. The van der Waals surface area contributed by atoms with Gasteiger partial charge in [0, 0.05) is 11.3 Å². The highest BCUT2D eigenvalue weighted by atomic mass is 16.4. The second kappa shape index (κ2) is 5.74. The summed E-state index contributed by atoms with van der Waals surface area (Å²) in [7, 11) is 0. The number of nitrogens with one attached hydrogen (secondary N) is 1. The molecule has 19 heavy (non-hydrogen) atoms. The van der Waals surface area contributed by atoms with Crippen molar-refractivity contribution in [2.75, 3.05) is 5.32 Å². The van der Waals surface area contributed by atoms with Gasteiger partial charge in [0.1, 0.15) is 0 Å². The first-order valence-electron chi connectivity index (χ1n) is 5.81. The van der Waals surface area contributed by atoms with Gasteiger partial charge in [0.05, 0.1) is 0 Å². The minimum atomic E-state index is -0.933. The third-order valence-corrected chi connectivity index (χ3v) is 2.72. The van der Waals surface area contributed by atoms with Crippen LogP contribution in [0.3, 0.4) is 0 Å². The van der Waals surface area contributed by atoms with Crippen LogP contribution in [0.15, 0.2) is 54.6 Å². The quantitative estimate of drug-likeness (QED) is 0.821. The number of anilines is 1. The fourth-order valence-corrected chi connectivity index (χ4v) is 1.80. The molecule has 0 amide bonds. The highest BCUT2D eigenvalue weighted by Gasteiger charge is 2.19. The molecular weight excluding hydrogens is 238 g/mol. The molecule has 3 nitrogen and oxygen atoms in total. The van der Waals surface area contributed by atoms with E-state index >= 15 is 0 Å². The summed E-state index contributed by atoms with van der Waals surface area (Å²) in [6, 6.07) is 15.3. The number of aliphatic carboxylic acids is 1. The van der Waals surface area contributed by atoms with Crippen molar-refractivity contribution in [3.8, 4) is 12.3 Å². The molecule has 0 saturated carbocycles. The maximum atomic E-state index is 11.4. The number of carboxylic acid groups (broad SMARTS) is 1. The monoisotopic (exact) mass is 251 g/mol. The number of rotatable bonds is 4. The van der Waals surface area contributed by atoms with Crippen LogP contribution in [0.1, 0.15) is 17.2 Å². The zero-order valence-electron chi connectivity index (χ0n) is 10.2. The molecule has 0 spiro atoms. The topological polar surface area (TPSA) is 49.3 Å². The second-order valence-corrected chi connectivity index (χ2v) is 4.05. The van der Waals surface area contributed by atoms with Gasteiger partial charge >= 0.3 is 5.97 Å². The van der Waals surface area contributed by atoms with Crippen LogP contribution in [0.4, 0.5) is 5.69 Å². The van der Waals surface area contributed by atoms with Gasteiger partial charge in [-0.2, -0.15) is 0 Å². The molecule has 2 rings (SSSR count). The summed E-state index contributed by atoms with van der Waals surface area (Å²) in [5, 5.41) is 12.3. The fraction of sp³-hybridized carbons (Fsp3) is 0.0625.